The monoisotopic (exact) mass is 202 g/mol. The van der Waals surface area contributed by atoms with Gasteiger partial charge in [-0.1, -0.05) is 12.1 Å². The molecule has 0 saturated heterocycles. The number of nitrogens with one attached hydrogen (secondary N) is 1. The molecule has 0 atom stereocenters. The number of hydrogen-bond donors (Lipinski definition) is 2. The van der Waals surface area contributed by atoms with Gasteiger partial charge in [0.25, 0.3) is 0 Å². The van der Waals surface area contributed by atoms with Crippen molar-refractivity contribution in [2.24, 2.45) is 0 Å². The first-order chi connectivity index (χ1) is 7.25. The minimum absolute atomic E-state index is 0.305. The Labute approximate surface area is 86.6 Å². The first-order valence-corrected chi connectivity index (χ1v) is 4.56. The molecule has 76 valence electrons. The fourth-order valence-corrected chi connectivity index (χ4v) is 1.40. The summed E-state index contributed by atoms with van der Waals surface area (Å²) in [6.45, 7) is 0. The van der Waals surface area contributed by atoms with Crippen molar-refractivity contribution in [3.05, 3.63) is 53.6 Å². The summed E-state index contributed by atoms with van der Waals surface area (Å²) >= 11 is 0. The van der Waals surface area contributed by atoms with Crippen LogP contribution in [0.5, 0.6) is 0 Å². The quantitative estimate of drug-likeness (QED) is 0.796. The van der Waals surface area contributed by atoms with Crippen molar-refractivity contribution >= 4 is 5.97 Å². The van der Waals surface area contributed by atoms with Crippen LogP contribution < -0.4 is 0 Å². The van der Waals surface area contributed by atoms with Gasteiger partial charge in [-0.05, 0) is 17.7 Å². The highest BCUT2D eigenvalue weighted by atomic mass is 16.4. The van der Waals surface area contributed by atoms with Gasteiger partial charge in [-0.2, -0.15) is 0 Å². The van der Waals surface area contributed by atoms with Crippen molar-refractivity contribution < 1.29 is 9.90 Å². The van der Waals surface area contributed by atoms with Gasteiger partial charge in [0.1, 0.15) is 5.82 Å². The number of rotatable bonds is 3. The highest BCUT2D eigenvalue weighted by Crippen LogP contribution is 2.08. The normalized spacial score (nSPS) is 10.1. The zero-order chi connectivity index (χ0) is 10.7. The Hall–Kier alpha value is -2.10. The van der Waals surface area contributed by atoms with Crippen LogP contribution in [0.15, 0.2) is 36.7 Å². The van der Waals surface area contributed by atoms with Gasteiger partial charge < -0.3 is 10.1 Å². The molecule has 0 amide bonds. The van der Waals surface area contributed by atoms with Gasteiger partial charge >= 0.3 is 5.97 Å². The van der Waals surface area contributed by atoms with Crippen molar-refractivity contribution in [1.82, 2.24) is 9.97 Å². The second-order valence-corrected chi connectivity index (χ2v) is 3.22. The summed E-state index contributed by atoms with van der Waals surface area (Å²) in [5.74, 6) is -0.0752. The summed E-state index contributed by atoms with van der Waals surface area (Å²) in [6.07, 6.45) is 4.04. The Kier molecular flexibility index (Phi) is 2.49. The number of H-pyrrole nitrogens is 1. The molecule has 0 saturated carbocycles. The molecule has 0 aliphatic heterocycles. The minimum Gasteiger partial charge on any atom is -0.478 e. The number of carboxylic acid groups (broad SMARTS) is 1. The summed E-state index contributed by atoms with van der Waals surface area (Å²) in [5.41, 5.74) is 1.24. The summed E-state index contributed by atoms with van der Waals surface area (Å²) in [4.78, 5) is 17.8. The molecule has 1 heterocycles. The van der Waals surface area contributed by atoms with Crippen LogP contribution in [0.4, 0.5) is 0 Å². The Morgan fingerprint density at radius 3 is 3.00 bits per heavy atom. The van der Waals surface area contributed by atoms with E-state index in [1.807, 2.05) is 6.07 Å². The van der Waals surface area contributed by atoms with Crippen LogP contribution in [0.1, 0.15) is 21.7 Å². The molecule has 0 aliphatic rings. The number of aromatic amines is 1. The third kappa shape index (κ3) is 2.22. The van der Waals surface area contributed by atoms with E-state index in [9.17, 15) is 4.79 Å². The summed E-state index contributed by atoms with van der Waals surface area (Å²) in [5, 5.41) is 8.81. The standard InChI is InChI=1S/C11H10N2O2/c14-11(15)9-3-1-2-8(6-9)7-10-12-4-5-13-10/h1-6H,7H2,(H,12,13)(H,14,15). The lowest BCUT2D eigenvalue weighted by molar-refractivity contribution is 0.0697. The number of nitrogens with zero attached hydrogens (tertiary/aromatic N) is 1. The van der Waals surface area contributed by atoms with Gasteiger partial charge in [0.2, 0.25) is 0 Å². The molecule has 0 spiro atoms. The maximum atomic E-state index is 10.7. The molecular formula is C11H10N2O2. The Morgan fingerprint density at radius 2 is 2.33 bits per heavy atom. The number of aromatic carboxylic acids is 1. The molecule has 0 unspecified atom stereocenters. The molecule has 15 heavy (non-hydrogen) atoms. The molecule has 4 heteroatoms. The number of benzene rings is 1. The van der Waals surface area contributed by atoms with Gasteiger partial charge in [-0.15, -0.1) is 0 Å². The Bertz CT molecular complexity index is 463. The van der Waals surface area contributed by atoms with E-state index in [2.05, 4.69) is 9.97 Å². The second kappa shape index (κ2) is 3.96. The highest BCUT2D eigenvalue weighted by molar-refractivity contribution is 5.87. The average molecular weight is 202 g/mol. The third-order valence-electron chi connectivity index (χ3n) is 2.10. The first kappa shape index (κ1) is 9.45. The maximum Gasteiger partial charge on any atom is 0.335 e. The predicted octanol–water partition coefficient (Wildman–Crippen LogP) is 1.70. The van der Waals surface area contributed by atoms with Crippen LogP contribution in [0.3, 0.4) is 0 Å². The smallest absolute Gasteiger partial charge is 0.335 e. The first-order valence-electron chi connectivity index (χ1n) is 4.56. The van der Waals surface area contributed by atoms with E-state index in [4.69, 9.17) is 5.11 Å². The van der Waals surface area contributed by atoms with Crippen LogP contribution in [0.25, 0.3) is 0 Å². The zero-order valence-corrected chi connectivity index (χ0v) is 7.97. The maximum absolute atomic E-state index is 10.7. The lowest BCUT2D eigenvalue weighted by Gasteiger charge is -2.00. The van der Waals surface area contributed by atoms with Crippen molar-refractivity contribution in [2.75, 3.05) is 0 Å². The highest BCUT2D eigenvalue weighted by Gasteiger charge is 2.04. The Morgan fingerprint density at radius 1 is 1.47 bits per heavy atom. The second-order valence-electron chi connectivity index (χ2n) is 3.22. The number of carbonyl (C=O) groups is 1. The van der Waals surface area contributed by atoms with E-state index in [1.54, 1.807) is 30.6 Å². The zero-order valence-electron chi connectivity index (χ0n) is 7.97. The van der Waals surface area contributed by atoms with Crippen LogP contribution >= 0.6 is 0 Å². The van der Waals surface area contributed by atoms with Crippen molar-refractivity contribution in [2.45, 2.75) is 6.42 Å². The number of imidazole rings is 1. The fourth-order valence-electron chi connectivity index (χ4n) is 1.40. The summed E-state index contributed by atoms with van der Waals surface area (Å²) in [7, 11) is 0. The van der Waals surface area contributed by atoms with E-state index in [0.29, 0.717) is 12.0 Å². The van der Waals surface area contributed by atoms with Gasteiger partial charge in [-0.3, -0.25) is 0 Å². The third-order valence-corrected chi connectivity index (χ3v) is 2.10. The number of hydrogen-bond acceptors (Lipinski definition) is 2. The molecule has 0 fully saturated rings. The van der Waals surface area contributed by atoms with Gasteiger partial charge in [0.15, 0.2) is 0 Å². The van der Waals surface area contributed by atoms with E-state index in [-0.39, 0.29) is 0 Å². The van der Waals surface area contributed by atoms with Gasteiger partial charge in [-0.25, -0.2) is 9.78 Å². The van der Waals surface area contributed by atoms with Crippen LogP contribution in [0.2, 0.25) is 0 Å². The molecule has 2 aromatic rings. The lowest BCUT2D eigenvalue weighted by atomic mass is 10.1. The van der Waals surface area contributed by atoms with Crippen molar-refractivity contribution in [3.63, 3.8) is 0 Å². The largest absolute Gasteiger partial charge is 0.478 e. The van der Waals surface area contributed by atoms with Gasteiger partial charge in [0, 0.05) is 18.8 Å². The van der Waals surface area contributed by atoms with E-state index in [0.717, 1.165) is 11.4 Å². The molecule has 4 nitrogen and oxygen atoms in total. The SMILES string of the molecule is O=C(O)c1cccc(Cc2ncc[nH]2)c1. The molecule has 1 aromatic carbocycles. The van der Waals surface area contributed by atoms with E-state index < -0.39 is 5.97 Å². The topological polar surface area (TPSA) is 66.0 Å². The molecule has 0 radical (unpaired) electrons. The molecule has 1 aromatic heterocycles. The minimum atomic E-state index is -0.906. The molecule has 0 aliphatic carbocycles. The molecular weight excluding hydrogens is 192 g/mol. The fraction of sp³-hybridized carbons (Fsp3) is 0.0909. The lowest BCUT2D eigenvalue weighted by Crippen LogP contribution is -1.98. The van der Waals surface area contributed by atoms with E-state index >= 15 is 0 Å². The predicted molar refractivity (Wildman–Crippen MR) is 54.8 cm³/mol. The number of carboxylic acids is 1. The average Bonchev–Trinajstić information content (AvgIpc) is 2.71. The van der Waals surface area contributed by atoms with Crippen molar-refractivity contribution in [1.29, 1.82) is 0 Å². The summed E-state index contributed by atoms with van der Waals surface area (Å²) in [6, 6.07) is 6.86. The molecule has 0 bridgehead atoms. The summed E-state index contributed by atoms with van der Waals surface area (Å²) < 4.78 is 0. The van der Waals surface area contributed by atoms with Crippen LogP contribution in [0, 0.1) is 0 Å². The molecule has 2 N–H and O–H groups in total. The van der Waals surface area contributed by atoms with E-state index in [1.165, 1.54) is 0 Å². The Balaban J connectivity index is 2.22. The molecule has 2 rings (SSSR count). The number of aromatic nitrogens is 2. The van der Waals surface area contributed by atoms with Crippen molar-refractivity contribution in [3.8, 4) is 0 Å². The van der Waals surface area contributed by atoms with Gasteiger partial charge in [0.05, 0.1) is 5.56 Å². The van der Waals surface area contributed by atoms with Crippen LogP contribution in [-0.4, -0.2) is 21.0 Å². The van der Waals surface area contributed by atoms with Crippen LogP contribution in [-0.2, 0) is 6.42 Å².